The quantitative estimate of drug-likeness (QED) is 0.329. The number of primary amides is 1. The highest BCUT2D eigenvalue weighted by atomic mass is 32.1. The number of carbonyl (C=O) groups is 3. The van der Waals surface area contributed by atoms with Gasteiger partial charge >= 0.3 is 0 Å². The Balaban J connectivity index is 1.67. The minimum absolute atomic E-state index is 0.0257. The summed E-state index contributed by atoms with van der Waals surface area (Å²) in [6, 6.07) is 15.8. The predicted octanol–water partition coefficient (Wildman–Crippen LogP) is 4.13. The Morgan fingerprint density at radius 3 is 2.47 bits per heavy atom. The lowest BCUT2D eigenvalue weighted by molar-refractivity contribution is -0.123. The van der Waals surface area contributed by atoms with Gasteiger partial charge in [-0.15, -0.1) is 0 Å². The third-order valence-corrected chi connectivity index (χ3v) is 7.68. The van der Waals surface area contributed by atoms with Crippen LogP contribution in [0.5, 0.6) is 0 Å². The molecule has 1 aliphatic rings. The summed E-state index contributed by atoms with van der Waals surface area (Å²) in [4.78, 5) is 46.0. The molecule has 0 radical (unpaired) electrons. The highest BCUT2D eigenvalue weighted by Gasteiger charge is 2.37. The van der Waals surface area contributed by atoms with Crippen LogP contribution in [0.2, 0.25) is 0 Å². The number of rotatable bonds is 7. The van der Waals surface area contributed by atoms with Crippen molar-refractivity contribution in [1.82, 2.24) is 14.7 Å². The first kappa shape index (κ1) is 25.3. The number of para-hydroxylation sites is 1. The molecule has 4 aromatic rings. The summed E-state index contributed by atoms with van der Waals surface area (Å²) in [6.07, 6.45) is 5.44. The molecule has 10 heteroatoms. The standard InChI is InChI=1S/C28H28N6O3S/c1-16-10-12-17(13-11-16)24(27(36)32-19-7-3-4-8-19)34(20-14-18-6-2-5-9-21(18)31-15-20)28(37)25-22(29)23(26(30)35)33-38-25/h2,5-6,9-15,19,24H,3-4,7-8,29H2,1H3,(H2,30,35)(H,32,36). The number of benzene rings is 2. The van der Waals surface area contributed by atoms with Crippen LogP contribution in [0.1, 0.15) is 63.0 Å². The number of amides is 3. The Hall–Kier alpha value is -4.31. The lowest BCUT2D eigenvalue weighted by Crippen LogP contribution is -2.46. The molecule has 1 unspecified atom stereocenters. The molecule has 1 atom stereocenters. The van der Waals surface area contributed by atoms with Gasteiger partial charge in [0.2, 0.25) is 5.91 Å². The van der Waals surface area contributed by atoms with Gasteiger partial charge < -0.3 is 16.8 Å². The fourth-order valence-electron chi connectivity index (χ4n) is 4.83. The Morgan fingerprint density at radius 1 is 1.08 bits per heavy atom. The molecule has 0 spiro atoms. The van der Waals surface area contributed by atoms with Gasteiger partial charge in [-0.1, -0.05) is 60.9 Å². The van der Waals surface area contributed by atoms with E-state index >= 15 is 0 Å². The van der Waals surface area contributed by atoms with E-state index in [2.05, 4.69) is 14.7 Å². The smallest absolute Gasteiger partial charge is 0.273 e. The molecule has 0 saturated heterocycles. The fraction of sp³-hybridized carbons (Fsp3) is 0.250. The monoisotopic (exact) mass is 528 g/mol. The largest absolute Gasteiger partial charge is 0.395 e. The van der Waals surface area contributed by atoms with Crippen molar-refractivity contribution in [3.63, 3.8) is 0 Å². The summed E-state index contributed by atoms with van der Waals surface area (Å²) in [7, 11) is 0. The zero-order valence-electron chi connectivity index (χ0n) is 20.9. The molecular formula is C28H28N6O3S. The molecule has 2 aromatic heterocycles. The zero-order valence-corrected chi connectivity index (χ0v) is 21.7. The number of hydrogen-bond donors (Lipinski definition) is 3. The number of pyridine rings is 1. The van der Waals surface area contributed by atoms with Crippen LogP contribution in [-0.4, -0.2) is 33.1 Å². The maximum atomic E-state index is 14.2. The van der Waals surface area contributed by atoms with Crippen molar-refractivity contribution >= 4 is 51.5 Å². The Kier molecular flexibility index (Phi) is 7.06. The molecule has 5 rings (SSSR count). The number of nitrogens with zero attached hydrogens (tertiary/aromatic N) is 3. The van der Waals surface area contributed by atoms with Crippen LogP contribution in [0, 0.1) is 6.92 Å². The van der Waals surface area contributed by atoms with Crippen molar-refractivity contribution in [1.29, 1.82) is 0 Å². The summed E-state index contributed by atoms with van der Waals surface area (Å²) >= 11 is 0.780. The molecule has 2 heterocycles. The summed E-state index contributed by atoms with van der Waals surface area (Å²) < 4.78 is 4.01. The normalized spacial score (nSPS) is 14.3. The second kappa shape index (κ2) is 10.6. The number of nitrogens with two attached hydrogens (primary N) is 2. The van der Waals surface area contributed by atoms with E-state index in [1.165, 1.54) is 4.90 Å². The van der Waals surface area contributed by atoms with E-state index in [4.69, 9.17) is 11.5 Å². The summed E-state index contributed by atoms with van der Waals surface area (Å²) in [5, 5.41) is 3.96. The number of aromatic nitrogens is 2. The number of fused-ring (bicyclic) bond motifs is 1. The van der Waals surface area contributed by atoms with Crippen molar-refractivity contribution in [2.24, 2.45) is 5.73 Å². The van der Waals surface area contributed by atoms with Crippen molar-refractivity contribution < 1.29 is 14.4 Å². The summed E-state index contributed by atoms with van der Waals surface area (Å²) in [5.74, 6) is -1.71. The molecular weight excluding hydrogens is 500 g/mol. The molecule has 5 N–H and O–H groups in total. The number of aryl methyl sites for hydroxylation is 1. The van der Waals surface area contributed by atoms with Gasteiger partial charge in [-0.2, -0.15) is 4.37 Å². The van der Waals surface area contributed by atoms with Crippen LogP contribution in [-0.2, 0) is 4.79 Å². The first-order chi connectivity index (χ1) is 18.3. The molecule has 3 amide bonds. The van der Waals surface area contributed by atoms with E-state index in [-0.39, 0.29) is 28.2 Å². The minimum Gasteiger partial charge on any atom is -0.395 e. The first-order valence-electron chi connectivity index (χ1n) is 12.4. The van der Waals surface area contributed by atoms with Crippen molar-refractivity contribution in [2.45, 2.75) is 44.7 Å². The second-order valence-electron chi connectivity index (χ2n) is 9.50. The van der Waals surface area contributed by atoms with Gasteiger partial charge in [-0.3, -0.25) is 24.3 Å². The van der Waals surface area contributed by atoms with Crippen LogP contribution in [0.15, 0.2) is 60.8 Å². The molecule has 0 aliphatic heterocycles. The minimum atomic E-state index is -1.02. The van der Waals surface area contributed by atoms with Gasteiger partial charge in [-0.25, -0.2) is 0 Å². The number of nitrogen functional groups attached to an aromatic ring is 1. The van der Waals surface area contributed by atoms with Crippen molar-refractivity contribution in [3.8, 4) is 0 Å². The third kappa shape index (κ3) is 4.95. The lowest BCUT2D eigenvalue weighted by atomic mass is 10.0. The summed E-state index contributed by atoms with van der Waals surface area (Å²) in [6.45, 7) is 1.96. The molecule has 38 heavy (non-hydrogen) atoms. The third-order valence-electron chi connectivity index (χ3n) is 6.83. The van der Waals surface area contributed by atoms with Crippen LogP contribution >= 0.6 is 11.5 Å². The molecule has 194 valence electrons. The number of nitrogens with one attached hydrogen (secondary N) is 1. The SMILES string of the molecule is Cc1ccc(C(C(=O)NC2CCCC2)N(C(=O)c2snc(C(N)=O)c2N)c2cnc3ccccc3c2)cc1. The van der Waals surface area contributed by atoms with E-state index in [0.717, 1.165) is 53.7 Å². The molecule has 2 aromatic carbocycles. The highest BCUT2D eigenvalue weighted by molar-refractivity contribution is 7.09. The van der Waals surface area contributed by atoms with E-state index in [9.17, 15) is 14.4 Å². The van der Waals surface area contributed by atoms with Gasteiger partial charge in [0, 0.05) is 11.4 Å². The Labute approximate surface area is 224 Å². The molecule has 1 saturated carbocycles. The molecule has 1 fully saturated rings. The van der Waals surface area contributed by atoms with Gasteiger partial charge in [0.05, 0.1) is 23.1 Å². The van der Waals surface area contributed by atoms with E-state index < -0.39 is 17.9 Å². The van der Waals surface area contributed by atoms with E-state index in [1.54, 1.807) is 6.20 Å². The van der Waals surface area contributed by atoms with Gasteiger partial charge in [0.25, 0.3) is 11.8 Å². The fourth-order valence-corrected chi connectivity index (χ4v) is 5.57. The average Bonchev–Trinajstić information content (AvgIpc) is 3.56. The highest BCUT2D eigenvalue weighted by Crippen LogP contribution is 2.34. The van der Waals surface area contributed by atoms with Gasteiger partial charge in [0.15, 0.2) is 5.69 Å². The molecule has 1 aliphatic carbocycles. The van der Waals surface area contributed by atoms with Crippen LogP contribution in [0.25, 0.3) is 10.9 Å². The van der Waals surface area contributed by atoms with Crippen LogP contribution < -0.4 is 21.7 Å². The first-order valence-corrected chi connectivity index (χ1v) is 13.2. The lowest BCUT2D eigenvalue weighted by Gasteiger charge is -2.32. The van der Waals surface area contributed by atoms with Gasteiger partial charge in [-0.05, 0) is 49.0 Å². The number of carbonyl (C=O) groups excluding carboxylic acids is 3. The summed E-state index contributed by atoms with van der Waals surface area (Å²) in [5.41, 5.74) is 14.1. The topological polar surface area (TPSA) is 144 Å². The Morgan fingerprint density at radius 2 is 1.79 bits per heavy atom. The average molecular weight is 529 g/mol. The molecule has 9 nitrogen and oxygen atoms in total. The Bertz CT molecular complexity index is 1510. The number of anilines is 2. The molecule has 0 bridgehead atoms. The zero-order chi connectivity index (χ0) is 26.8. The predicted molar refractivity (Wildman–Crippen MR) is 148 cm³/mol. The maximum absolute atomic E-state index is 14.2. The van der Waals surface area contributed by atoms with Crippen molar-refractivity contribution in [2.75, 3.05) is 10.6 Å². The van der Waals surface area contributed by atoms with E-state index in [1.807, 2.05) is 61.5 Å². The van der Waals surface area contributed by atoms with Crippen LogP contribution in [0.3, 0.4) is 0 Å². The van der Waals surface area contributed by atoms with Crippen LogP contribution in [0.4, 0.5) is 11.4 Å². The number of hydrogen-bond acceptors (Lipinski definition) is 7. The van der Waals surface area contributed by atoms with E-state index in [0.29, 0.717) is 11.3 Å². The van der Waals surface area contributed by atoms with Gasteiger partial charge in [0.1, 0.15) is 10.9 Å². The maximum Gasteiger partial charge on any atom is 0.273 e. The van der Waals surface area contributed by atoms with Crippen molar-refractivity contribution in [3.05, 3.63) is 82.5 Å². The second-order valence-corrected chi connectivity index (χ2v) is 10.3.